The maximum Gasteiger partial charge on any atom is 0.354 e. The second-order valence-corrected chi connectivity index (χ2v) is 4.18. The highest BCUT2D eigenvalue weighted by Gasteiger charge is 2.13. The molecule has 0 saturated heterocycles. The number of ether oxygens (including phenoxy) is 2. The first-order chi connectivity index (χ1) is 8.56. The van der Waals surface area contributed by atoms with Gasteiger partial charge < -0.3 is 19.4 Å². The molecule has 2 rings (SSSR count). The summed E-state index contributed by atoms with van der Waals surface area (Å²) in [5, 5.41) is 0.864. The predicted molar refractivity (Wildman–Crippen MR) is 70.5 cm³/mol. The maximum atomic E-state index is 11.5. The molecule has 1 heterocycles. The fraction of sp³-hybridized carbons (Fsp3) is 0.308. The van der Waals surface area contributed by atoms with E-state index < -0.39 is 0 Å². The van der Waals surface area contributed by atoms with E-state index in [0.717, 1.165) is 22.3 Å². The van der Waals surface area contributed by atoms with E-state index in [1.54, 1.807) is 13.2 Å². The number of esters is 1. The predicted octanol–water partition coefficient (Wildman–Crippen LogP) is 2.03. The van der Waals surface area contributed by atoms with Crippen LogP contribution in [-0.4, -0.2) is 39.3 Å². The molecule has 18 heavy (non-hydrogen) atoms. The highest BCUT2D eigenvalue weighted by atomic mass is 16.5. The van der Waals surface area contributed by atoms with Crippen LogP contribution in [0.5, 0.6) is 5.75 Å². The van der Waals surface area contributed by atoms with E-state index in [2.05, 4.69) is 4.98 Å². The van der Waals surface area contributed by atoms with Gasteiger partial charge in [0.05, 0.1) is 19.7 Å². The van der Waals surface area contributed by atoms with Gasteiger partial charge >= 0.3 is 5.97 Å². The van der Waals surface area contributed by atoms with Crippen molar-refractivity contribution in [3.63, 3.8) is 0 Å². The van der Waals surface area contributed by atoms with Gasteiger partial charge in [-0.1, -0.05) is 0 Å². The first kappa shape index (κ1) is 12.3. The van der Waals surface area contributed by atoms with Gasteiger partial charge in [0.1, 0.15) is 11.4 Å². The van der Waals surface area contributed by atoms with Crippen molar-refractivity contribution < 1.29 is 14.3 Å². The minimum Gasteiger partial charge on any atom is -0.496 e. The van der Waals surface area contributed by atoms with Crippen LogP contribution in [-0.2, 0) is 4.74 Å². The van der Waals surface area contributed by atoms with E-state index in [4.69, 9.17) is 9.47 Å². The summed E-state index contributed by atoms with van der Waals surface area (Å²) in [7, 11) is 6.87. The van der Waals surface area contributed by atoms with Crippen molar-refractivity contribution in [2.45, 2.75) is 0 Å². The van der Waals surface area contributed by atoms with Crippen LogP contribution in [0.3, 0.4) is 0 Å². The largest absolute Gasteiger partial charge is 0.496 e. The van der Waals surface area contributed by atoms with Crippen LogP contribution in [0.4, 0.5) is 5.69 Å². The van der Waals surface area contributed by atoms with Crippen LogP contribution in [0.2, 0.25) is 0 Å². The van der Waals surface area contributed by atoms with Crippen LogP contribution >= 0.6 is 0 Å². The Labute approximate surface area is 105 Å². The molecule has 5 heteroatoms. The Bertz CT molecular complexity index is 587. The van der Waals surface area contributed by atoms with Gasteiger partial charge in [-0.25, -0.2) is 4.79 Å². The normalized spacial score (nSPS) is 10.4. The third kappa shape index (κ3) is 1.99. The number of hydrogen-bond donors (Lipinski definition) is 1. The molecular weight excluding hydrogens is 232 g/mol. The smallest absolute Gasteiger partial charge is 0.354 e. The van der Waals surface area contributed by atoms with Gasteiger partial charge in [0.15, 0.2) is 0 Å². The molecule has 0 aliphatic heterocycles. The minimum atomic E-state index is -0.389. The zero-order chi connectivity index (χ0) is 13.3. The number of nitrogens with zero attached hydrogens (tertiary/aromatic N) is 1. The quantitative estimate of drug-likeness (QED) is 0.844. The lowest BCUT2D eigenvalue weighted by molar-refractivity contribution is 0.0595. The maximum absolute atomic E-state index is 11.5. The van der Waals surface area contributed by atoms with Crippen LogP contribution in [0.15, 0.2) is 18.2 Å². The molecule has 96 valence electrons. The third-order valence-electron chi connectivity index (χ3n) is 2.83. The minimum absolute atomic E-state index is 0.389. The van der Waals surface area contributed by atoms with Crippen molar-refractivity contribution in [2.24, 2.45) is 0 Å². The van der Waals surface area contributed by atoms with E-state index in [-0.39, 0.29) is 5.97 Å². The Hall–Kier alpha value is -2.17. The summed E-state index contributed by atoms with van der Waals surface area (Å²) in [5.41, 5.74) is 2.26. The number of anilines is 1. The zero-order valence-electron chi connectivity index (χ0n) is 10.9. The number of fused-ring (bicyclic) bond motifs is 1. The number of benzene rings is 1. The van der Waals surface area contributed by atoms with Gasteiger partial charge in [-0.05, 0) is 12.1 Å². The summed E-state index contributed by atoms with van der Waals surface area (Å²) in [5.74, 6) is 0.335. The summed E-state index contributed by atoms with van der Waals surface area (Å²) in [6.07, 6.45) is 0. The highest BCUT2D eigenvalue weighted by molar-refractivity contribution is 5.98. The van der Waals surface area contributed by atoms with Gasteiger partial charge in [-0.15, -0.1) is 0 Å². The molecule has 0 amide bonds. The van der Waals surface area contributed by atoms with E-state index in [9.17, 15) is 4.79 Å². The molecule has 2 aromatic rings. The number of nitrogens with one attached hydrogen (secondary N) is 1. The van der Waals surface area contributed by atoms with Crippen molar-refractivity contribution in [3.8, 4) is 5.75 Å². The van der Waals surface area contributed by atoms with Gasteiger partial charge in [0, 0.05) is 31.2 Å². The first-order valence-corrected chi connectivity index (χ1v) is 5.53. The second kappa shape index (κ2) is 4.60. The standard InChI is InChI=1S/C13H16N2O3/c1-15(2)8-5-10-9(12(6-8)17-3)7-11(14-10)13(16)18-4/h5-7,14H,1-4H3. The molecule has 5 nitrogen and oxygen atoms in total. The monoisotopic (exact) mass is 248 g/mol. The molecular formula is C13H16N2O3. The molecule has 0 saturated carbocycles. The first-order valence-electron chi connectivity index (χ1n) is 5.53. The zero-order valence-corrected chi connectivity index (χ0v) is 10.9. The third-order valence-corrected chi connectivity index (χ3v) is 2.83. The Kier molecular flexibility index (Phi) is 3.14. The van der Waals surface area contributed by atoms with Crippen molar-refractivity contribution in [1.82, 2.24) is 4.98 Å². The van der Waals surface area contributed by atoms with Gasteiger partial charge in [-0.3, -0.25) is 0 Å². The fourth-order valence-electron chi connectivity index (χ4n) is 1.84. The summed E-state index contributed by atoms with van der Waals surface area (Å²) in [6.45, 7) is 0. The van der Waals surface area contributed by atoms with Crippen molar-refractivity contribution in [1.29, 1.82) is 0 Å². The van der Waals surface area contributed by atoms with Crippen LogP contribution in [0.1, 0.15) is 10.5 Å². The van der Waals surface area contributed by atoms with Gasteiger partial charge in [0.25, 0.3) is 0 Å². The average Bonchev–Trinajstić information content (AvgIpc) is 2.80. The van der Waals surface area contributed by atoms with E-state index in [1.807, 2.05) is 31.1 Å². The topological polar surface area (TPSA) is 54.6 Å². The molecule has 0 atom stereocenters. The number of aromatic amines is 1. The SMILES string of the molecule is COC(=O)c1cc2c(OC)cc(N(C)C)cc2[nH]1. The van der Waals surface area contributed by atoms with E-state index in [0.29, 0.717) is 5.69 Å². The summed E-state index contributed by atoms with van der Waals surface area (Å²) < 4.78 is 10.0. The molecule has 1 aromatic carbocycles. The van der Waals surface area contributed by atoms with Gasteiger partial charge in [-0.2, -0.15) is 0 Å². The number of H-pyrrole nitrogens is 1. The van der Waals surface area contributed by atoms with E-state index in [1.165, 1.54) is 7.11 Å². The van der Waals surface area contributed by atoms with E-state index >= 15 is 0 Å². The molecule has 0 radical (unpaired) electrons. The lowest BCUT2D eigenvalue weighted by atomic mass is 10.2. The molecule has 0 aliphatic carbocycles. The number of aromatic nitrogens is 1. The highest BCUT2D eigenvalue weighted by Crippen LogP contribution is 2.31. The molecule has 0 spiro atoms. The molecule has 1 N–H and O–H groups in total. The lowest BCUT2D eigenvalue weighted by Gasteiger charge is -2.14. The number of carbonyl (C=O) groups excluding carboxylic acids is 1. The Balaban J connectivity index is 2.63. The van der Waals surface area contributed by atoms with Crippen LogP contribution < -0.4 is 9.64 Å². The molecule has 0 aliphatic rings. The van der Waals surface area contributed by atoms with Crippen LogP contribution in [0.25, 0.3) is 10.9 Å². The lowest BCUT2D eigenvalue weighted by Crippen LogP contribution is -2.08. The Morgan fingerprint density at radius 2 is 1.94 bits per heavy atom. The van der Waals surface area contributed by atoms with Crippen molar-refractivity contribution in [2.75, 3.05) is 33.2 Å². The van der Waals surface area contributed by atoms with Gasteiger partial charge in [0.2, 0.25) is 0 Å². The average molecular weight is 248 g/mol. The molecule has 1 aromatic heterocycles. The van der Waals surface area contributed by atoms with Crippen LogP contribution in [0, 0.1) is 0 Å². The Morgan fingerprint density at radius 1 is 1.22 bits per heavy atom. The van der Waals surface area contributed by atoms with Crippen molar-refractivity contribution in [3.05, 3.63) is 23.9 Å². The number of rotatable bonds is 3. The van der Waals surface area contributed by atoms with Crippen molar-refractivity contribution >= 4 is 22.6 Å². The molecule has 0 unspecified atom stereocenters. The molecule has 0 bridgehead atoms. The number of hydrogen-bond acceptors (Lipinski definition) is 4. The summed E-state index contributed by atoms with van der Waals surface area (Å²) in [6, 6.07) is 5.63. The summed E-state index contributed by atoms with van der Waals surface area (Å²) in [4.78, 5) is 16.5. The molecule has 0 fully saturated rings. The fourth-order valence-corrected chi connectivity index (χ4v) is 1.84. The second-order valence-electron chi connectivity index (χ2n) is 4.18. The number of carbonyl (C=O) groups is 1. The Morgan fingerprint density at radius 3 is 2.50 bits per heavy atom. The number of methoxy groups -OCH3 is 2. The summed E-state index contributed by atoms with van der Waals surface area (Å²) >= 11 is 0.